The van der Waals surface area contributed by atoms with Crippen LogP contribution in [0.5, 0.6) is 17.2 Å². The fourth-order valence-corrected chi connectivity index (χ4v) is 2.84. The molecule has 1 N–H and O–H groups in total. The summed E-state index contributed by atoms with van der Waals surface area (Å²) in [4.78, 5) is 12.0. The average Bonchev–Trinajstić information content (AvgIpc) is 2.67. The van der Waals surface area contributed by atoms with Gasteiger partial charge < -0.3 is 19.5 Å². The normalized spacial score (nSPS) is 10.4. The van der Waals surface area contributed by atoms with Gasteiger partial charge in [-0.2, -0.15) is 0 Å². The second-order valence-corrected chi connectivity index (χ2v) is 6.64. The molecule has 0 unspecified atom stereocenters. The minimum Gasteiger partial charge on any atom is -0.493 e. The van der Waals surface area contributed by atoms with Crippen LogP contribution in [0, 0.1) is 13.8 Å². The maximum atomic E-state index is 12.0. The Balaban J connectivity index is 1.74. The van der Waals surface area contributed by atoms with Crippen molar-refractivity contribution in [2.45, 2.75) is 26.7 Å². The minimum absolute atomic E-state index is 0.0168. The summed E-state index contributed by atoms with van der Waals surface area (Å²) in [5, 5.41) is 3.62. The molecule has 0 saturated heterocycles. The van der Waals surface area contributed by atoms with Gasteiger partial charge in [-0.1, -0.05) is 17.7 Å². The molecule has 0 aliphatic rings. The van der Waals surface area contributed by atoms with E-state index in [1.54, 1.807) is 14.2 Å². The fourth-order valence-electron chi connectivity index (χ4n) is 2.73. The first-order chi connectivity index (χ1) is 12.9. The molecule has 1 amide bonds. The Morgan fingerprint density at radius 2 is 1.70 bits per heavy atom. The molecule has 146 valence electrons. The van der Waals surface area contributed by atoms with E-state index in [-0.39, 0.29) is 5.91 Å². The zero-order valence-electron chi connectivity index (χ0n) is 16.2. The van der Waals surface area contributed by atoms with Crippen molar-refractivity contribution in [3.8, 4) is 17.2 Å². The van der Waals surface area contributed by atoms with E-state index in [0.717, 1.165) is 27.5 Å². The van der Waals surface area contributed by atoms with Crippen LogP contribution in [0.3, 0.4) is 0 Å². The van der Waals surface area contributed by atoms with Gasteiger partial charge in [0.2, 0.25) is 5.91 Å². The van der Waals surface area contributed by atoms with Gasteiger partial charge >= 0.3 is 0 Å². The highest BCUT2D eigenvalue weighted by atomic mass is 35.5. The monoisotopic (exact) mass is 391 g/mol. The van der Waals surface area contributed by atoms with Gasteiger partial charge in [-0.25, -0.2) is 0 Å². The molecule has 0 atom stereocenters. The second-order valence-electron chi connectivity index (χ2n) is 6.26. The third-order valence-corrected chi connectivity index (χ3v) is 4.79. The highest BCUT2D eigenvalue weighted by molar-refractivity contribution is 6.32. The van der Waals surface area contributed by atoms with Crippen LogP contribution >= 0.6 is 11.6 Å². The molecule has 0 spiro atoms. The first-order valence-electron chi connectivity index (χ1n) is 8.81. The summed E-state index contributed by atoms with van der Waals surface area (Å²) >= 11 is 6.15. The topological polar surface area (TPSA) is 56.8 Å². The summed E-state index contributed by atoms with van der Waals surface area (Å²) in [6.45, 7) is 4.74. The van der Waals surface area contributed by atoms with E-state index in [4.69, 9.17) is 25.8 Å². The molecular formula is C21H26ClNO4. The predicted octanol–water partition coefficient (Wildman–Crippen LogP) is 4.10. The molecule has 2 aromatic carbocycles. The zero-order valence-corrected chi connectivity index (χ0v) is 17.0. The van der Waals surface area contributed by atoms with Gasteiger partial charge in [0.15, 0.2) is 11.5 Å². The molecule has 0 saturated carbocycles. The molecular weight excluding hydrogens is 366 g/mol. The van der Waals surface area contributed by atoms with Gasteiger partial charge in [-0.05, 0) is 61.2 Å². The van der Waals surface area contributed by atoms with Gasteiger partial charge in [0, 0.05) is 11.4 Å². The number of halogens is 1. The maximum absolute atomic E-state index is 12.0. The lowest BCUT2D eigenvalue weighted by Crippen LogP contribution is -2.28. The van der Waals surface area contributed by atoms with Crippen molar-refractivity contribution in [1.82, 2.24) is 5.32 Å². The summed E-state index contributed by atoms with van der Waals surface area (Å²) in [5.74, 6) is 2.08. The molecule has 0 aliphatic heterocycles. The molecule has 0 aliphatic carbocycles. The number of nitrogens with one attached hydrogen (secondary N) is 1. The van der Waals surface area contributed by atoms with Crippen LogP contribution in [-0.2, 0) is 11.2 Å². The number of hydrogen-bond acceptors (Lipinski definition) is 4. The highest BCUT2D eigenvalue weighted by Crippen LogP contribution is 2.28. The second kappa shape index (κ2) is 10.1. The van der Waals surface area contributed by atoms with Crippen LogP contribution in [0.2, 0.25) is 5.02 Å². The summed E-state index contributed by atoms with van der Waals surface area (Å²) in [5.41, 5.74) is 2.97. The number of rotatable bonds is 9. The Labute approximate surface area is 165 Å². The number of ether oxygens (including phenoxy) is 3. The molecule has 0 radical (unpaired) electrons. The average molecular weight is 392 g/mol. The van der Waals surface area contributed by atoms with Crippen molar-refractivity contribution in [3.63, 3.8) is 0 Å². The smallest absolute Gasteiger partial charge is 0.220 e. The highest BCUT2D eigenvalue weighted by Gasteiger charge is 2.07. The third kappa shape index (κ3) is 6.07. The zero-order chi connectivity index (χ0) is 19.8. The lowest BCUT2D eigenvalue weighted by atomic mass is 10.1. The van der Waals surface area contributed by atoms with Crippen molar-refractivity contribution >= 4 is 17.5 Å². The van der Waals surface area contributed by atoms with Crippen molar-refractivity contribution in [1.29, 1.82) is 0 Å². The molecule has 0 heterocycles. The van der Waals surface area contributed by atoms with E-state index in [1.165, 1.54) is 0 Å². The largest absolute Gasteiger partial charge is 0.493 e. The number of hydrogen-bond donors (Lipinski definition) is 1. The SMILES string of the molecule is COc1ccc(CCC(=O)NCCOc2cc(C)c(Cl)c(C)c2)cc1OC. The Kier molecular flexibility index (Phi) is 7.80. The van der Waals surface area contributed by atoms with Gasteiger partial charge in [-0.3, -0.25) is 4.79 Å². The lowest BCUT2D eigenvalue weighted by Gasteiger charge is -2.11. The number of benzene rings is 2. The summed E-state index contributed by atoms with van der Waals surface area (Å²) < 4.78 is 16.2. The number of aryl methyl sites for hydroxylation is 3. The van der Waals surface area contributed by atoms with E-state index in [1.807, 2.05) is 44.2 Å². The third-order valence-electron chi connectivity index (χ3n) is 4.19. The van der Waals surface area contributed by atoms with Crippen molar-refractivity contribution < 1.29 is 19.0 Å². The van der Waals surface area contributed by atoms with Gasteiger partial charge in [0.25, 0.3) is 0 Å². The maximum Gasteiger partial charge on any atom is 0.220 e. The number of carbonyl (C=O) groups is 1. The predicted molar refractivity (Wildman–Crippen MR) is 107 cm³/mol. The van der Waals surface area contributed by atoms with Crippen LogP contribution in [0.1, 0.15) is 23.1 Å². The van der Waals surface area contributed by atoms with Crippen LogP contribution in [0.4, 0.5) is 0 Å². The molecule has 5 nitrogen and oxygen atoms in total. The molecule has 2 rings (SSSR count). The number of carbonyl (C=O) groups excluding carboxylic acids is 1. The quantitative estimate of drug-likeness (QED) is 0.654. The van der Waals surface area contributed by atoms with E-state index in [0.29, 0.717) is 37.5 Å². The van der Waals surface area contributed by atoms with Crippen LogP contribution in [0.15, 0.2) is 30.3 Å². The summed E-state index contributed by atoms with van der Waals surface area (Å²) in [6, 6.07) is 9.46. The standard InChI is InChI=1S/C21H26ClNO4/c1-14-11-17(12-15(2)21(14)22)27-10-9-23-20(24)8-6-16-5-7-18(25-3)19(13-16)26-4/h5,7,11-13H,6,8-10H2,1-4H3,(H,23,24). The number of amides is 1. The van der Waals surface area contributed by atoms with Crippen molar-refractivity contribution in [3.05, 3.63) is 52.0 Å². The fraction of sp³-hybridized carbons (Fsp3) is 0.381. The molecule has 27 heavy (non-hydrogen) atoms. The summed E-state index contributed by atoms with van der Waals surface area (Å²) in [7, 11) is 3.19. The van der Waals surface area contributed by atoms with Crippen molar-refractivity contribution in [2.24, 2.45) is 0 Å². The van der Waals surface area contributed by atoms with Gasteiger partial charge in [0.1, 0.15) is 12.4 Å². The van der Waals surface area contributed by atoms with E-state index < -0.39 is 0 Å². The lowest BCUT2D eigenvalue weighted by molar-refractivity contribution is -0.121. The van der Waals surface area contributed by atoms with E-state index in [2.05, 4.69) is 5.32 Å². The molecule has 0 fully saturated rings. The Bertz CT molecular complexity index is 769. The van der Waals surface area contributed by atoms with Gasteiger partial charge in [0.05, 0.1) is 20.8 Å². The molecule has 2 aromatic rings. The number of methoxy groups -OCH3 is 2. The van der Waals surface area contributed by atoms with Crippen LogP contribution in [-0.4, -0.2) is 33.3 Å². The summed E-state index contributed by atoms with van der Waals surface area (Å²) in [6.07, 6.45) is 1.03. The Hall–Kier alpha value is -2.40. The van der Waals surface area contributed by atoms with Crippen LogP contribution < -0.4 is 19.5 Å². The van der Waals surface area contributed by atoms with E-state index in [9.17, 15) is 4.79 Å². The van der Waals surface area contributed by atoms with Crippen LogP contribution in [0.25, 0.3) is 0 Å². The Morgan fingerprint density at radius 3 is 2.33 bits per heavy atom. The Morgan fingerprint density at radius 1 is 1.04 bits per heavy atom. The first kappa shape index (κ1) is 20.9. The molecule has 0 aromatic heterocycles. The van der Waals surface area contributed by atoms with E-state index >= 15 is 0 Å². The molecule has 0 bridgehead atoms. The minimum atomic E-state index is -0.0168. The molecule has 6 heteroatoms. The van der Waals surface area contributed by atoms with Gasteiger partial charge in [-0.15, -0.1) is 0 Å². The first-order valence-corrected chi connectivity index (χ1v) is 9.19. The van der Waals surface area contributed by atoms with Crippen molar-refractivity contribution in [2.75, 3.05) is 27.4 Å².